The minimum Gasteiger partial charge on any atom is -0.508 e. The van der Waals surface area contributed by atoms with Gasteiger partial charge in [0.15, 0.2) is 0 Å². The monoisotopic (exact) mass is 518 g/mol. The van der Waals surface area contributed by atoms with Gasteiger partial charge in [-0.05, 0) is 45.0 Å². The number of hydrogen-bond acceptors (Lipinski definition) is 9. The molecule has 2 aliphatic rings. The van der Waals surface area contributed by atoms with Crippen molar-refractivity contribution in [1.82, 2.24) is 19.8 Å². The van der Waals surface area contributed by atoms with Crippen LogP contribution in [0.1, 0.15) is 18.2 Å². The number of aliphatic hydroxyl groups excluding tert-OH is 1. The van der Waals surface area contributed by atoms with Gasteiger partial charge in [-0.1, -0.05) is 30.8 Å². The number of hydrogen-bond donors (Lipinski definition) is 2. The summed E-state index contributed by atoms with van der Waals surface area (Å²) in [5.74, 6) is 1.18. The zero-order valence-electron chi connectivity index (χ0n) is 22.5. The lowest BCUT2D eigenvalue weighted by molar-refractivity contribution is 0.0379. The van der Waals surface area contributed by atoms with Gasteiger partial charge in [-0.3, -0.25) is 4.90 Å². The molecular formula is C29H38N6O3. The maximum Gasteiger partial charge on any atom is 0.318 e. The van der Waals surface area contributed by atoms with Crippen molar-refractivity contribution in [3.05, 3.63) is 60.3 Å². The third kappa shape index (κ3) is 5.55. The fourth-order valence-electron chi connectivity index (χ4n) is 5.52. The van der Waals surface area contributed by atoms with E-state index < -0.39 is 6.23 Å². The van der Waals surface area contributed by atoms with E-state index in [1.54, 1.807) is 12.1 Å². The Morgan fingerprint density at radius 3 is 2.58 bits per heavy atom. The fourth-order valence-corrected chi connectivity index (χ4v) is 5.52. The fraction of sp³-hybridized carbons (Fsp3) is 0.448. The van der Waals surface area contributed by atoms with Crippen LogP contribution in [-0.2, 0) is 13.0 Å². The summed E-state index contributed by atoms with van der Waals surface area (Å²) in [5.41, 5.74) is 3.10. The van der Waals surface area contributed by atoms with Crippen molar-refractivity contribution in [2.45, 2.75) is 32.2 Å². The summed E-state index contributed by atoms with van der Waals surface area (Å²) in [4.78, 5) is 18.5. The number of fused-ring (bicyclic) bond motifs is 2. The van der Waals surface area contributed by atoms with Crippen LogP contribution in [0.3, 0.4) is 0 Å². The Morgan fingerprint density at radius 1 is 1.08 bits per heavy atom. The summed E-state index contributed by atoms with van der Waals surface area (Å²) in [5, 5.41) is 22.7. The molecule has 1 saturated heterocycles. The Kier molecular flexibility index (Phi) is 7.69. The van der Waals surface area contributed by atoms with Gasteiger partial charge in [-0.25, -0.2) is 0 Å². The van der Waals surface area contributed by atoms with Gasteiger partial charge in [0.2, 0.25) is 0 Å². The molecule has 9 heteroatoms. The molecule has 2 unspecified atom stereocenters. The van der Waals surface area contributed by atoms with Crippen molar-refractivity contribution in [3.8, 4) is 11.8 Å². The van der Waals surface area contributed by atoms with Gasteiger partial charge in [0.1, 0.15) is 23.9 Å². The number of piperazine rings is 1. The van der Waals surface area contributed by atoms with E-state index in [0.29, 0.717) is 12.6 Å². The molecule has 0 radical (unpaired) electrons. The maximum absolute atomic E-state index is 10.4. The zero-order valence-corrected chi connectivity index (χ0v) is 22.5. The Morgan fingerprint density at radius 2 is 1.84 bits per heavy atom. The van der Waals surface area contributed by atoms with Crippen LogP contribution < -0.4 is 14.5 Å². The number of nitrogens with zero attached hydrogens (tertiary/aromatic N) is 6. The highest BCUT2D eigenvalue weighted by Gasteiger charge is 2.29. The molecule has 38 heavy (non-hydrogen) atoms. The molecular weight excluding hydrogens is 480 g/mol. The third-order valence-electron chi connectivity index (χ3n) is 7.32. The smallest absolute Gasteiger partial charge is 0.318 e. The molecule has 0 spiro atoms. The highest BCUT2D eigenvalue weighted by atomic mass is 16.5. The van der Waals surface area contributed by atoms with Crippen molar-refractivity contribution < 1.29 is 14.9 Å². The molecule has 2 aliphatic heterocycles. The molecule has 2 N–H and O–H groups in total. The van der Waals surface area contributed by atoms with Crippen LogP contribution in [0.15, 0.2) is 49.1 Å². The van der Waals surface area contributed by atoms with Crippen LogP contribution in [-0.4, -0.2) is 95.7 Å². The van der Waals surface area contributed by atoms with Gasteiger partial charge in [0, 0.05) is 62.0 Å². The highest BCUT2D eigenvalue weighted by Crippen LogP contribution is 2.36. The second kappa shape index (κ2) is 11.1. The molecule has 3 heterocycles. The van der Waals surface area contributed by atoms with Gasteiger partial charge in [0.25, 0.3) is 0 Å². The summed E-state index contributed by atoms with van der Waals surface area (Å²) in [6.07, 6.45) is 1.66. The average molecular weight is 519 g/mol. The summed E-state index contributed by atoms with van der Waals surface area (Å²) in [7, 11) is 4.04. The molecule has 2 aromatic carbocycles. The van der Waals surface area contributed by atoms with E-state index in [9.17, 15) is 10.2 Å². The van der Waals surface area contributed by atoms with Gasteiger partial charge < -0.3 is 29.6 Å². The predicted octanol–water partition coefficient (Wildman–Crippen LogP) is 2.85. The summed E-state index contributed by atoms with van der Waals surface area (Å²) in [6, 6.07) is 12.2. The second-order valence-electron chi connectivity index (χ2n) is 10.5. The molecule has 1 fully saturated rings. The Hall–Kier alpha value is -3.40. The van der Waals surface area contributed by atoms with Crippen LogP contribution in [0.2, 0.25) is 0 Å². The number of ether oxygens (including phenoxy) is 1. The molecule has 9 nitrogen and oxygen atoms in total. The lowest BCUT2D eigenvalue weighted by Gasteiger charge is -2.39. The van der Waals surface area contributed by atoms with Crippen LogP contribution >= 0.6 is 0 Å². The number of benzene rings is 2. The van der Waals surface area contributed by atoms with Crippen molar-refractivity contribution >= 4 is 22.3 Å². The van der Waals surface area contributed by atoms with Gasteiger partial charge in [0.05, 0.1) is 12.2 Å². The van der Waals surface area contributed by atoms with E-state index in [1.165, 1.54) is 0 Å². The Balaban J connectivity index is 1.47. The summed E-state index contributed by atoms with van der Waals surface area (Å²) >= 11 is 0. The molecule has 202 valence electrons. The van der Waals surface area contributed by atoms with Gasteiger partial charge >= 0.3 is 6.01 Å². The molecule has 3 aromatic rings. The second-order valence-corrected chi connectivity index (χ2v) is 10.5. The molecule has 2 atom stereocenters. The minimum atomic E-state index is -0.632. The van der Waals surface area contributed by atoms with E-state index in [4.69, 9.17) is 14.7 Å². The highest BCUT2D eigenvalue weighted by molar-refractivity contribution is 5.95. The van der Waals surface area contributed by atoms with Crippen LogP contribution in [0.25, 0.3) is 10.8 Å². The standard InChI is InChI=1S/C29H38N6O3/c1-5-27(37)33-12-14-34(15-13-33)28-24-10-11-35(26-17-22(36)16-21-8-6-7-9-23(21)26)19-25(24)30-29(31-28)38-20(2)18-32(3)4/h5-9,16-17,20,27,36-37H,1,10-15,18-19H2,2-4H3. The number of aromatic hydroxyl groups is 1. The number of anilines is 2. The maximum atomic E-state index is 10.4. The minimum absolute atomic E-state index is 0.0646. The van der Waals surface area contributed by atoms with E-state index in [1.807, 2.05) is 50.2 Å². The van der Waals surface area contributed by atoms with Crippen molar-refractivity contribution in [3.63, 3.8) is 0 Å². The summed E-state index contributed by atoms with van der Waals surface area (Å²) in [6.45, 7) is 10.9. The molecule has 0 aliphatic carbocycles. The topological polar surface area (TPSA) is 88.4 Å². The lowest BCUT2D eigenvalue weighted by atomic mass is 10.0. The predicted molar refractivity (Wildman–Crippen MR) is 151 cm³/mol. The largest absolute Gasteiger partial charge is 0.508 e. The molecule has 5 rings (SSSR count). The number of likely N-dealkylation sites (N-methyl/N-ethyl adjacent to an activating group) is 1. The van der Waals surface area contributed by atoms with Crippen molar-refractivity contribution in [1.29, 1.82) is 0 Å². The lowest BCUT2D eigenvalue weighted by Crippen LogP contribution is -2.50. The van der Waals surface area contributed by atoms with Crippen LogP contribution in [0, 0.1) is 0 Å². The first-order chi connectivity index (χ1) is 18.3. The Bertz CT molecular complexity index is 1290. The number of phenolic OH excluding ortho intramolecular Hbond substituents is 1. The first kappa shape index (κ1) is 26.2. The van der Waals surface area contributed by atoms with Crippen molar-refractivity contribution in [2.24, 2.45) is 0 Å². The van der Waals surface area contributed by atoms with Crippen molar-refractivity contribution in [2.75, 3.05) is 63.2 Å². The third-order valence-corrected chi connectivity index (χ3v) is 7.32. The first-order valence-corrected chi connectivity index (χ1v) is 13.3. The number of aromatic nitrogens is 2. The van der Waals surface area contributed by atoms with Gasteiger partial charge in [-0.15, -0.1) is 0 Å². The van der Waals surface area contributed by atoms with E-state index in [-0.39, 0.29) is 11.9 Å². The number of rotatable bonds is 8. The molecule has 0 amide bonds. The van der Waals surface area contributed by atoms with Gasteiger partial charge in [-0.2, -0.15) is 9.97 Å². The molecule has 1 aromatic heterocycles. The van der Waals surface area contributed by atoms with E-state index in [2.05, 4.69) is 27.3 Å². The first-order valence-electron chi connectivity index (χ1n) is 13.3. The van der Waals surface area contributed by atoms with Crippen LogP contribution in [0.4, 0.5) is 11.5 Å². The summed E-state index contributed by atoms with van der Waals surface area (Å²) < 4.78 is 6.22. The van der Waals surface area contributed by atoms with E-state index >= 15 is 0 Å². The quantitative estimate of drug-likeness (QED) is 0.437. The SMILES string of the molecule is C=CC(O)N1CCN(c2nc(OC(C)CN(C)C)nc3c2CCN(c2cc(O)cc4ccccc24)C3)CC1. The molecule has 0 bridgehead atoms. The zero-order chi connectivity index (χ0) is 26.8. The van der Waals surface area contributed by atoms with E-state index in [0.717, 1.165) is 79.2 Å². The number of phenols is 1. The Labute approximate surface area is 224 Å². The normalized spacial score (nSPS) is 17.9. The average Bonchev–Trinajstić information content (AvgIpc) is 2.91. The number of aliphatic hydroxyl groups is 1. The molecule has 0 saturated carbocycles. The van der Waals surface area contributed by atoms with Crippen LogP contribution in [0.5, 0.6) is 11.8 Å².